The molecule has 1 aromatic heterocycles. The molecule has 3 nitrogen and oxygen atoms in total. The van der Waals surface area contributed by atoms with Crippen molar-refractivity contribution in [3.8, 4) is 10.4 Å². The maximum atomic E-state index is 10.8. The lowest BCUT2D eigenvalue weighted by Crippen LogP contribution is -2.34. The number of hydrogen-bond acceptors (Lipinski definition) is 3. The molecular weight excluding hydrogens is 294 g/mol. The molecule has 0 amide bonds. The van der Waals surface area contributed by atoms with Crippen LogP contribution in [0.25, 0.3) is 10.4 Å². The second-order valence-corrected chi connectivity index (χ2v) is 6.44. The summed E-state index contributed by atoms with van der Waals surface area (Å²) in [5.74, 6) is -0.769. The molecule has 1 aliphatic heterocycles. The van der Waals surface area contributed by atoms with E-state index in [-0.39, 0.29) is 6.54 Å². The molecular formula is C15H14ClNO2S. The molecule has 2 heterocycles. The lowest BCUT2D eigenvalue weighted by molar-refractivity contribution is -0.138. The van der Waals surface area contributed by atoms with Gasteiger partial charge in [0.15, 0.2) is 0 Å². The molecule has 2 aromatic rings. The van der Waals surface area contributed by atoms with Crippen LogP contribution in [0.2, 0.25) is 5.02 Å². The minimum atomic E-state index is -0.769. The Kier molecular flexibility index (Phi) is 3.78. The van der Waals surface area contributed by atoms with Crippen molar-refractivity contribution in [1.29, 1.82) is 0 Å². The van der Waals surface area contributed by atoms with Gasteiger partial charge in [0.2, 0.25) is 0 Å². The Morgan fingerprint density at radius 2 is 2.20 bits per heavy atom. The number of benzene rings is 1. The van der Waals surface area contributed by atoms with E-state index in [9.17, 15) is 4.79 Å². The van der Waals surface area contributed by atoms with Crippen LogP contribution in [0.1, 0.15) is 10.4 Å². The molecule has 0 aliphatic carbocycles. The molecule has 0 saturated carbocycles. The topological polar surface area (TPSA) is 40.5 Å². The van der Waals surface area contributed by atoms with Gasteiger partial charge in [-0.15, -0.1) is 11.3 Å². The second kappa shape index (κ2) is 5.56. The first-order valence-corrected chi connectivity index (χ1v) is 7.63. The van der Waals surface area contributed by atoms with Gasteiger partial charge in [-0.3, -0.25) is 9.69 Å². The number of aliphatic carboxylic acids is 1. The van der Waals surface area contributed by atoms with E-state index in [0.29, 0.717) is 6.54 Å². The van der Waals surface area contributed by atoms with Gasteiger partial charge in [-0.2, -0.15) is 0 Å². The van der Waals surface area contributed by atoms with Crippen molar-refractivity contribution in [3.05, 3.63) is 45.8 Å². The van der Waals surface area contributed by atoms with E-state index < -0.39 is 5.97 Å². The lowest BCUT2D eigenvalue weighted by atomic mass is 10.1. The second-order valence-electron chi connectivity index (χ2n) is 4.89. The summed E-state index contributed by atoms with van der Waals surface area (Å²) in [5.41, 5.74) is 2.29. The molecule has 1 N–H and O–H groups in total. The molecule has 20 heavy (non-hydrogen) atoms. The predicted molar refractivity (Wildman–Crippen MR) is 81.4 cm³/mol. The molecule has 0 saturated heterocycles. The molecule has 3 rings (SSSR count). The number of fused-ring (bicyclic) bond motifs is 1. The Morgan fingerprint density at radius 1 is 1.40 bits per heavy atom. The standard InChI is InChI=1S/C15H14ClNO2S/c16-12-4-2-1-3-11(12)14-7-10-8-17(9-15(18)19)6-5-13(10)20-14/h1-4,7H,5-6,8-9H2,(H,18,19). The maximum Gasteiger partial charge on any atom is 0.317 e. The van der Waals surface area contributed by atoms with Crippen LogP contribution in [0.15, 0.2) is 30.3 Å². The SMILES string of the molecule is O=C(O)CN1CCc2sc(-c3ccccc3Cl)cc2C1. The molecule has 5 heteroatoms. The van der Waals surface area contributed by atoms with Crippen LogP contribution in [0.4, 0.5) is 0 Å². The summed E-state index contributed by atoms with van der Waals surface area (Å²) in [4.78, 5) is 15.3. The van der Waals surface area contributed by atoms with Gasteiger partial charge < -0.3 is 5.11 Å². The van der Waals surface area contributed by atoms with Gasteiger partial charge >= 0.3 is 5.97 Å². The number of carboxylic acid groups (broad SMARTS) is 1. The third-order valence-electron chi connectivity index (χ3n) is 3.44. The number of carbonyl (C=O) groups is 1. The zero-order chi connectivity index (χ0) is 14.1. The van der Waals surface area contributed by atoms with Crippen LogP contribution in [-0.2, 0) is 17.8 Å². The van der Waals surface area contributed by atoms with Crippen molar-refractivity contribution in [3.63, 3.8) is 0 Å². The Hall–Kier alpha value is -1.36. The minimum absolute atomic E-state index is 0.108. The minimum Gasteiger partial charge on any atom is -0.480 e. The summed E-state index contributed by atoms with van der Waals surface area (Å²) in [7, 11) is 0. The van der Waals surface area contributed by atoms with Crippen LogP contribution in [0.5, 0.6) is 0 Å². The highest BCUT2D eigenvalue weighted by atomic mass is 35.5. The van der Waals surface area contributed by atoms with E-state index in [1.165, 1.54) is 10.4 Å². The van der Waals surface area contributed by atoms with E-state index in [4.69, 9.17) is 16.7 Å². The highest BCUT2D eigenvalue weighted by Gasteiger charge is 2.21. The summed E-state index contributed by atoms with van der Waals surface area (Å²) in [6.07, 6.45) is 0.914. The van der Waals surface area contributed by atoms with Crippen LogP contribution in [-0.4, -0.2) is 29.1 Å². The van der Waals surface area contributed by atoms with Crippen molar-refractivity contribution >= 4 is 28.9 Å². The van der Waals surface area contributed by atoms with Gasteiger partial charge in [-0.25, -0.2) is 0 Å². The van der Waals surface area contributed by atoms with Gasteiger partial charge in [-0.05, 0) is 24.1 Å². The number of halogens is 1. The fourth-order valence-corrected chi connectivity index (χ4v) is 4.01. The third kappa shape index (κ3) is 2.73. The van der Waals surface area contributed by atoms with Gasteiger partial charge in [0, 0.05) is 33.4 Å². The van der Waals surface area contributed by atoms with Crippen molar-refractivity contribution < 1.29 is 9.90 Å². The quantitative estimate of drug-likeness (QED) is 0.943. The first kappa shape index (κ1) is 13.6. The Bertz CT molecular complexity index is 653. The van der Waals surface area contributed by atoms with Gasteiger partial charge in [-0.1, -0.05) is 29.8 Å². The number of carboxylic acids is 1. The molecule has 1 aromatic carbocycles. The Balaban J connectivity index is 1.87. The highest BCUT2D eigenvalue weighted by molar-refractivity contribution is 7.15. The van der Waals surface area contributed by atoms with Gasteiger partial charge in [0.1, 0.15) is 0 Å². The highest BCUT2D eigenvalue weighted by Crippen LogP contribution is 2.37. The molecule has 104 valence electrons. The fourth-order valence-electron chi connectivity index (χ4n) is 2.51. The zero-order valence-electron chi connectivity index (χ0n) is 10.8. The smallest absolute Gasteiger partial charge is 0.317 e. The molecule has 0 spiro atoms. The molecule has 0 bridgehead atoms. The summed E-state index contributed by atoms with van der Waals surface area (Å²) in [6, 6.07) is 9.97. The van der Waals surface area contributed by atoms with Crippen molar-refractivity contribution in [2.75, 3.05) is 13.1 Å². The number of nitrogens with zero attached hydrogens (tertiary/aromatic N) is 1. The van der Waals surface area contributed by atoms with Crippen LogP contribution >= 0.6 is 22.9 Å². The summed E-state index contributed by atoms with van der Waals surface area (Å²) < 4.78 is 0. The number of rotatable bonds is 3. The van der Waals surface area contributed by atoms with E-state index in [1.807, 2.05) is 29.2 Å². The first-order valence-electron chi connectivity index (χ1n) is 6.44. The van der Waals surface area contributed by atoms with E-state index in [0.717, 1.165) is 28.4 Å². The molecule has 0 atom stereocenters. The Labute approximate surface area is 126 Å². The number of thiophene rings is 1. The van der Waals surface area contributed by atoms with E-state index in [2.05, 4.69) is 6.07 Å². The van der Waals surface area contributed by atoms with Gasteiger partial charge in [0.25, 0.3) is 0 Å². The fraction of sp³-hybridized carbons (Fsp3) is 0.267. The average molecular weight is 308 g/mol. The van der Waals surface area contributed by atoms with Crippen molar-refractivity contribution in [2.45, 2.75) is 13.0 Å². The maximum absolute atomic E-state index is 10.8. The lowest BCUT2D eigenvalue weighted by Gasteiger charge is -2.24. The zero-order valence-corrected chi connectivity index (χ0v) is 12.4. The summed E-state index contributed by atoms with van der Waals surface area (Å²) >= 11 is 8.00. The van der Waals surface area contributed by atoms with E-state index >= 15 is 0 Å². The largest absolute Gasteiger partial charge is 0.480 e. The van der Waals surface area contributed by atoms with Crippen molar-refractivity contribution in [1.82, 2.24) is 4.90 Å². The molecule has 1 aliphatic rings. The molecule has 0 radical (unpaired) electrons. The van der Waals surface area contributed by atoms with Crippen molar-refractivity contribution in [2.24, 2.45) is 0 Å². The average Bonchev–Trinajstić information content (AvgIpc) is 2.81. The van der Waals surface area contributed by atoms with Crippen LogP contribution in [0, 0.1) is 0 Å². The normalized spacial score (nSPS) is 15.1. The summed E-state index contributed by atoms with van der Waals surface area (Å²) in [6.45, 7) is 1.63. The monoisotopic (exact) mass is 307 g/mol. The Morgan fingerprint density at radius 3 is 2.95 bits per heavy atom. The van der Waals surface area contributed by atoms with Gasteiger partial charge in [0.05, 0.1) is 6.54 Å². The van der Waals surface area contributed by atoms with Crippen LogP contribution in [0.3, 0.4) is 0 Å². The molecule has 0 fully saturated rings. The first-order chi connectivity index (χ1) is 9.63. The number of hydrogen-bond donors (Lipinski definition) is 1. The summed E-state index contributed by atoms with van der Waals surface area (Å²) in [5, 5.41) is 9.63. The van der Waals surface area contributed by atoms with Crippen LogP contribution < -0.4 is 0 Å². The van der Waals surface area contributed by atoms with E-state index in [1.54, 1.807) is 11.3 Å². The molecule has 0 unspecified atom stereocenters. The predicted octanol–water partition coefficient (Wildman–Crippen LogP) is 3.51. The third-order valence-corrected chi connectivity index (χ3v) is 5.04.